The number of nitrogens with one attached hydrogen (secondary N) is 1. The Bertz CT molecular complexity index is 969. The second kappa shape index (κ2) is 8.67. The largest absolute Gasteiger partial charge is 0.416 e. The van der Waals surface area contributed by atoms with E-state index in [4.69, 9.17) is 0 Å². The molecule has 3 aliphatic rings. The van der Waals surface area contributed by atoms with Crippen molar-refractivity contribution in [2.45, 2.75) is 62.2 Å². The van der Waals surface area contributed by atoms with Gasteiger partial charge in [-0.2, -0.15) is 13.2 Å². The Kier molecular flexibility index (Phi) is 5.85. The molecule has 1 saturated carbocycles. The molecule has 0 bridgehead atoms. The summed E-state index contributed by atoms with van der Waals surface area (Å²) in [5, 5.41) is 2.95. The Hall–Kier alpha value is -2.54. The number of likely N-dealkylation sites (tertiary alicyclic amines) is 1. The van der Waals surface area contributed by atoms with Gasteiger partial charge in [-0.15, -0.1) is 0 Å². The molecule has 2 aromatic carbocycles. The molecule has 2 saturated heterocycles. The van der Waals surface area contributed by atoms with Gasteiger partial charge in [-0.05, 0) is 61.4 Å². The molecule has 0 aromatic heterocycles. The number of rotatable bonds is 3. The van der Waals surface area contributed by atoms with Crippen molar-refractivity contribution in [1.82, 2.24) is 10.2 Å². The predicted octanol–water partition coefficient (Wildman–Crippen LogP) is 5.16. The van der Waals surface area contributed by atoms with Crippen LogP contribution in [0.4, 0.5) is 18.9 Å². The fourth-order valence-corrected chi connectivity index (χ4v) is 6.12. The molecule has 2 aromatic rings. The van der Waals surface area contributed by atoms with E-state index in [9.17, 15) is 18.0 Å². The Balaban J connectivity index is 1.33. The SMILES string of the molecule is O=C1NCN(c2ccc(C(F)(F)F)cc2)C12CCN([C@H]1CCCC[C@H]1c1ccccc1)CC2. The van der Waals surface area contributed by atoms with Crippen molar-refractivity contribution < 1.29 is 18.0 Å². The first kappa shape index (κ1) is 22.3. The quantitative estimate of drug-likeness (QED) is 0.692. The van der Waals surface area contributed by atoms with Gasteiger partial charge in [0.1, 0.15) is 5.54 Å². The molecule has 176 valence electrons. The maximum Gasteiger partial charge on any atom is 0.416 e. The lowest BCUT2D eigenvalue weighted by Gasteiger charge is -2.48. The number of halogens is 3. The molecule has 1 N–H and O–H groups in total. The van der Waals surface area contributed by atoms with Gasteiger partial charge >= 0.3 is 6.18 Å². The first-order valence-electron chi connectivity index (χ1n) is 11.9. The standard InChI is InChI=1S/C26H30F3N3O/c27-26(28,29)20-10-12-21(13-11-20)32-18-30-24(33)25(32)14-16-31(17-15-25)23-9-5-4-8-22(23)19-6-2-1-3-7-19/h1-3,6-7,10-13,22-23H,4-5,8-9,14-18H2,(H,30,33)/t22-,23-/m0/s1. The molecular formula is C26H30F3N3O. The van der Waals surface area contributed by atoms with E-state index in [0.717, 1.165) is 25.2 Å². The Labute approximate surface area is 192 Å². The molecule has 0 radical (unpaired) electrons. The first-order chi connectivity index (χ1) is 15.9. The van der Waals surface area contributed by atoms with Crippen LogP contribution in [0, 0.1) is 0 Å². The number of amides is 1. The van der Waals surface area contributed by atoms with Crippen molar-refractivity contribution in [3.05, 3.63) is 65.7 Å². The lowest BCUT2D eigenvalue weighted by molar-refractivity contribution is -0.137. The minimum atomic E-state index is -4.37. The Morgan fingerprint density at radius 1 is 0.909 bits per heavy atom. The van der Waals surface area contributed by atoms with Crippen molar-refractivity contribution in [2.75, 3.05) is 24.7 Å². The fraction of sp³-hybridized carbons (Fsp3) is 0.500. The molecule has 1 spiro atoms. The second-order valence-electron chi connectivity index (χ2n) is 9.57. The number of piperidine rings is 1. The maximum absolute atomic E-state index is 13.0. The number of carbonyl (C=O) groups excluding carboxylic acids is 1. The van der Waals surface area contributed by atoms with Gasteiger partial charge in [0, 0.05) is 24.8 Å². The first-order valence-corrected chi connectivity index (χ1v) is 11.9. The van der Waals surface area contributed by atoms with Crippen LogP contribution in [-0.4, -0.2) is 42.1 Å². The van der Waals surface area contributed by atoms with Crippen LogP contribution in [0.1, 0.15) is 55.6 Å². The number of alkyl halides is 3. The zero-order chi connectivity index (χ0) is 23.1. The highest BCUT2D eigenvalue weighted by molar-refractivity contribution is 5.93. The average molecular weight is 458 g/mol. The number of hydrogen-bond donors (Lipinski definition) is 1. The molecule has 7 heteroatoms. The lowest BCUT2D eigenvalue weighted by Crippen LogP contribution is -2.58. The van der Waals surface area contributed by atoms with Gasteiger partial charge in [0.25, 0.3) is 0 Å². The summed E-state index contributed by atoms with van der Waals surface area (Å²) >= 11 is 0. The third kappa shape index (κ3) is 4.12. The molecular weight excluding hydrogens is 427 g/mol. The van der Waals surface area contributed by atoms with Crippen LogP contribution in [0.15, 0.2) is 54.6 Å². The number of benzene rings is 2. The van der Waals surface area contributed by atoms with Crippen molar-refractivity contribution >= 4 is 11.6 Å². The highest BCUT2D eigenvalue weighted by Gasteiger charge is 2.51. The average Bonchev–Trinajstić information content (AvgIpc) is 3.15. The Morgan fingerprint density at radius 2 is 1.58 bits per heavy atom. The monoisotopic (exact) mass is 457 g/mol. The molecule has 2 heterocycles. The van der Waals surface area contributed by atoms with Crippen LogP contribution in [0.2, 0.25) is 0 Å². The third-order valence-electron chi connectivity index (χ3n) is 7.89. The zero-order valence-electron chi connectivity index (χ0n) is 18.7. The van der Waals surface area contributed by atoms with Crippen LogP contribution < -0.4 is 10.2 Å². The smallest absolute Gasteiger partial charge is 0.339 e. The van der Waals surface area contributed by atoms with Crippen LogP contribution in [0.3, 0.4) is 0 Å². The summed E-state index contributed by atoms with van der Waals surface area (Å²) in [6.45, 7) is 1.97. The van der Waals surface area contributed by atoms with E-state index in [1.54, 1.807) is 0 Å². The van der Waals surface area contributed by atoms with Crippen LogP contribution in [0.25, 0.3) is 0 Å². The minimum absolute atomic E-state index is 0.00898. The number of nitrogens with zero attached hydrogens (tertiary/aromatic N) is 2. The molecule has 4 nitrogen and oxygen atoms in total. The van der Waals surface area contributed by atoms with Gasteiger partial charge < -0.3 is 10.2 Å². The molecule has 1 aliphatic carbocycles. The minimum Gasteiger partial charge on any atom is -0.339 e. The molecule has 3 fully saturated rings. The predicted molar refractivity (Wildman–Crippen MR) is 122 cm³/mol. The fourth-order valence-electron chi connectivity index (χ4n) is 6.12. The summed E-state index contributed by atoms with van der Waals surface area (Å²) in [5.41, 5.74) is 0.702. The van der Waals surface area contributed by atoms with Gasteiger partial charge in [0.2, 0.25) is 5.91 Å². The zero-order valence-corrected chi connectivity index (χ0v) is 18.7. The number of carbonyl (C=O) groups is 1. The van der Waals surface area contributed by atoms with Gasteiger partial charge in [-0.1, -0.05) is 43.2 Å². The summed E-state index contributed by atoms with van der Waals surface area (Å²) in [4.78, 5) is 17.5. The van der Waals surface area contributed by atoms with E-state index < -0.39 is 17.3 Å². The number of anilines is 1. The van der Waals surface area contributed by atoms with Crippen LogP contribution in [-0.2, 0) is 11.0 Å². The summed E-state index contributed by atoms with van der Waals surface area (Å²) in [6, 6.07) is 16.4. The van der Waals surface area contributed by atoms with E-state index in [0.29, 0.717) is 37.2 Å². The van der Waals surface area contributed by atoms with Gasteiger partial charge in [0.15, 0.2) is 0 Å². The van der Waals surface area contributed by atoms with E-state index in [1.807, 2.05) is 4.90 Å². The molecule has 2 atom stereocenters. The lowest BCUT2D eigenvalue weighted by atomic mass is 9.77. The summed E-state index contributed by atoms with van der Waals surface area (Å²) < 4.78 is 39.0. The van der Waals surface area contributed by atoms with Crippen molar-refractivity contribution in [3.63, 3.8) is 0 Å². The summed E-state index contributed by atoms with van der Waals surface area (Å²) in [6.07, 6.45) is 1.83. The van der Waals surface area contributed by atoms with E-state index in [1.165, 1.54) is 43.4 Å². The Morgan fingerprint density at radius 3 is 2.24 bits per heavy atom. The van der Waals surface area contributed by atoms with Gasteiger partial charge in [-0.3, -0.25) is 9.69 Å². The molecule has 33 heavy (non-hydrogen) atoms. The van der Waals surface area contributed by atoms with Crippen LogP contribution in [0.5, 0.6) is 0 Å². The van der Waals surface area contributed by atoms with Gasteiger partial charge in [-0.25, -0.2) is 0 Å². The highest BCUT2D eigenvalue weighted by Crippen LogP contribution is 2.42. The molecule has 5 rings (SSSR count). The maximum atomic E-state index is 13.0. The normalized spacial score (nSPS) is 25.9. The second-order valence-corrected chi connectivity index (χ2v) is 9.57. The molecule has 0 unspecified atom stereocenters. The summed E-state index contributed by atoms with van der Waals surface area (Å²) in [5.74, 6) is 0.503. The van der Waals surface area contributed by atoms with Crippen molar-refractivity contribution in [2.24, 2.45) is 0 Å². The summed E-state index contributed by atoms with van der Waals surface area (Å²) in [7, 11) is 0. The third-order valence-corrected chi connectivity index (χ3v) is 7.89. The van der Waals surface area contributed by atoms with Crippen LogP contribution >= 0.6 is 0 Å². The van der Waals surface area contributed by atoms with E-state index in [-0.39, 0.29) is 5.91 Å². The van der Waals surface area contributed by atoms with Gasteiger partial charge in [0.05, 0.1) is 12.2 Å². The highest BCUT2D eigenvalue weighted by atomic mass is 19.4. The van der Waals surface area contributed by atoms with E-state index >= 15 is 0 Å². The van der Waals surface area contributed by atoms with Crippen molar-refractivity contribution in [1.29, 1.82) is 0 Å². The topological polar surface area (TPSA) is 35.6 Å². The number of hydrogen-bond acceptors (Lipinski definition) is 3. The van der Waals surface area contributed by atoms with Crippen molar-refractivity contribution in [3.8, 4) is 0 Å². The molecule has 2 aliphatic heterocycles. The van der Waals surface area contributed by atoms with E-state index in [2.05, 4.69) is 40.5 Å². The molecule has 1 amide bonds.